The SMILES string of the molecule is CCCCN(CCNc1cccc(Br)c1)C(C)CC. The van der Waals surface area contributed by atoms with Crippen LogP contribution in [0.5, 0.6) is 0 Å². The van der Waals surface area contributed by atoms with Crippen LogP contribution in [-0.4, -0.2) is 30.6 Å². The van der Waals surface area contributed by atoms with E-state index in [4.69, 9.17) is 0 Å². The number of unbranched alkanes of at least 4 members (excludes halogenated alkanes) is 1. The number of nitrogens with zero attached hydrogens (tertiary/aromatic N) is 1. The van der Waals surface area contributed by atoms with Crippen LogP contribution in [0.25, 0.3) is 0 Å². The van der Waals surface area contributed by atoms with E-state index < -0.39 is 0 Å². The minimum atomic E-state index is 0.677. The third-order valence-corrected chi connectivity index (χ3v) is 4.06. The monoisotopic (exact) mass is 326 g/mol. The zero-order valence-corrected chi connectivity index (χ0v) is 14.0. The van der Waals surface area contributed by atoms with Crippen LogP contribution in [0.1, 0.15) is 40.0 Å². The van der Waals surface area contributed by atoms with Gasteiger partial charge in [-0.1, -0.05) is 42.3 Å². The molecule has 0 bridgehead atoms. The van der Waals surface area contributed by atoms with Crippen LogP contribution < -0.4 is 5.32 Å². The highest BCUT2D eigenvalue weighted by Crippen LogP contribution is 2.15. The van der Waals surface area contributed by atoms with Gasteiger partial charge in [0.05, 0.1) is 0 Å². The maximum atomic E-state index is 3.50. The fourth-order valence-corrected chi connectivity index (χ4v) is 2.51. The molecule has 1 rings (SSSR count). The molecule has 0 heterocycles. The Bertz CT molecular complexity index is 354. The highest BCUT2D eigenvalue weighted by molar-refractivity contribution is 9.10. The van der Waals surface area contributed by atoms with Crippen LogP contribution in [0, 0.1) is 0 Å². The van der Waals surface area contributed by atoms with Gasteiger partial charge in [0.15, 0.2) is 0 Å². The summed E-state index contributed by atoms with van der Waals surface area (Å²) in [5.74, 6) is 0. The number of rotatable bonds is 9. The normalized spacial score (nSPS) is 12.7. The topological polar surface area (TPSA) is 15.3 Å². The predicted octanol–water partition coefficient (Wildman–Crippen LogP) is 4.76. The Morgan fingerprint density at radius 2 is 2.05 bits per heavy atom. The lowest BCUT2D eigenvalue weighted by Crippen LogP contribution is -2.37. The number of nitrogens with one attached hydrogen (secondary N) is 1. The molecule has 19 heavy (non-hydrogen) atoms. The van der Waals surface area contributed by atoms with Gasteiger partial charge in [-0.05, 0) is 44.5 Å². The van der Waals surface area contributed by atoms with E-state index in [1.165, 1.54) is 31.5 Å². The molecule has 1 N–H and O–H groups in total. The fraction of sp³-hybridized carbons (Fsp3) is 0.625. The quantitative estimate of drug-likeness (QED) is 0.703. The second kappa shape index (κ2) is 9.38. The molecular formula is C16H27BrN2. The van der Waals surface area contributed by atoms with Crippen LogP contribution in [0.15, 0.2) is 28.7 Å². The third-order valence-electron chi connectivity index (χ3n) is 3.57. The van der Waals surface area contributed by atoms with E-state index in [0.29, 0.717) is 6.04 Å². The van der Waals surface area contributed by atoms with Crippen molar-refractivity contribution in [3.63, 3.8) is 0 Å². The van der Waals surface area contributed by atoms with E-state index in [1.807, 2.05) is 0 Å². The van der Waals surface area contributed by atoms with E-state index in [2.05, 4.69) is 71.2 Å². The Balaban J connectivity index is 2.38. The largest absolute Gasteiger partial charge is 0.384 e. The molecule has 1 unspecified atom stereocenters. The Labute approximate surface area is 126 Å². The number of hydrogen-bond acceptors (Lipinski definition) is 2. The molecule has 2 nitrogen and oxygen atoms in total. The minimum Gasteiger partial charge on any atom is -0.384 e. The highest BCUT2D eigenvalue weighted by atomic mass is 79.9. The van der Waals surface area contributed by atoms with E-state index in [-0.39, 0.29) is 0 Å². The third kappa shape index (κ3) is 6.44. The smallest absolute Gasteiger partial charge is 0.0351 e. The van der Waals surface area contributed by atoms with Crippen LogP contribution in [0.4, 0.5) is 5.69 Å². The molecule has 3 heteroatoms. The fourth-order valence-electron chi connectivity index (χ4n) is 2.11. The standard InChI is InChI=1S/C16H27BrN2/c1-4-6-11-19(14(3)5-2)12-10-18-16-9-7-8-15(17)13-16/h7-9,13-14,18H,4-6,10-12H2,1-3H3. The van der Waals surface area contributed by atoms with Gasteiger partial charge in [0.1, 0.15) is 0 Å². The van der Waals surface area contributed by atoms with Gasteiger partial charge in [-0.25, -0.2) is 0 Å². The van der Waals surface area contributed by atoms with E-state index >= 15 is 0 Å². The van der Waals surface area contributed by atoms with Gasteiger partial charge >= 0.3 is 0 Å². The number of anilines is 1. The molecule has 0 spiro atoms. The first-order chi connectivity index (χ1) is 9.17. The molecule has 0 fully saturated rings. The van der Waals surface area contributed by atoms with Crippen LogP contribution in [-0.2, 0) is 0 Å². The molecular weight excluding hydrogens is 300 g/mol. The summed E-state index contributed by atoms with van der Waals surface area (Å²) in [6.07, 6.45) is 3.79. The Hall–Kier alpha value is -0.540. The summed E-state index contributed by atoms with van der Waals surface area (Å²) >= 11 is 3.50. The molecule has 0 amide bonds. The van der Waals surface area contributed by atoms with Gasteiger partial charge in [0.25, 0.3) is 0 Å². The van der Waals surface area contributed by atoms with Crippen molar-refractivity contribution in [3.05, 3.63) is 28.7 Å². The van der Waals surface area contributed by atoms with Gasteiger partial charge in [-0.2, -0.15) is 0 Å². The van der Waals surface area contributed by atoms with Crippen molar-refractivity contribution >= 4 is 21.6 Å². The van der Waals surface area contributed by atoms with Crippen molar-refractivity contribution in [1.29, 1.82) is 0 Å². The summed E-state index contributed by atoms with van der Waals surface area (Å²) in [7, 11) is 0. The summed E-state index contributed by atoms with van der Waals surface area (Å²) in [4.78, 5) is 2.59. The van der Waals surface area contributed by atoms with Gasteiger partial charge in [-0.3, -0.25) is 4.90 Å². The molecule has 1 aromatic carbocycles. The van der Waals surface area contributed by atoms with Crippen molar-refractivity contribution in [1.82, 2.24) is 4.90 Å². The lowest BCUT2D eigenvalue weighted by molar-refractivity contribution is 0.208. The Morgan fingerprint density at radius 3 is 2.68 bits per heavy atom. The van der Waals surface area contributed by atoms with Crippen molar-refractivity contribution < 1.29 is 0 Å². The van der Waals surface area contributed by atoms with E-state index in [1.54, 1.807) is 0 Å². The van der Waals surface area contributed by atoms with Gasteiger partial charge in [0, 0.05) is 29.3 Å². The molecule has 0 radical (unpaired) electrons. The van der Waals surface area contributed by atoms with Crippen molar-refractivity contribution in [2.75, 3.05) is 25.0 Å². The summed E-state index contributed by atoms with van der Waals surface area (Å²) in [6.45, 7) is 10.2. The van der Waals surface area contributed by atoms with Crippen molar-refractivity contribution in [3.8, 4) is 0 Å². The first-order valence-electron chi connectivity index (χ1n) is 7.40. The first kappa shape index (κ1) is 16.5. The summed E-state index contributed by atoms with van der Waals surface area (Å²) in [5.41, 5.74) is 1.19. The second-order valence-electron chi connectivity index (χ2n) is 5.08. The highest BCUT2D eigenvalue weighted by Gasteiger charge is 2.10. The Kier molecular flexibility index (Phi) is 8.15. The molecule has 0 aliphatic carbocycles. The Morgan fingerprint density at radius 1 is 1.26 bits per heavy atom. The average Bonchev–Trinajstić information content (AvgIpc) is 2.42. The zero-order chi connectivity index (χ0) is 14.1. The first-order valence-corrected chi connectivity index (χ1v) is 8.20. The predicted molar refractivity (Wildman–Crippen MR) is 88.9 cm³/mol. The molecule has 108 valence electrons. The summed E-state index contributed by atoms with van der Waals surface area (Å²) in [6, 6.07) is 9.04. The van der Waals surface area contributed by atoms with Gasteiger partial charge < -0.3 is 5.32 Å². The number of benzene rings is 1. The average molecular weight is 327 g/mol. The maximum absolute atomic E-state index is 3.50. The molecule has 0 aliphatic rings. The molecule has 0 saturated heterocycles. The van der Waals surface area contributed by atoms with Crippen molar-refractivity contribution in [2.45, 2.75) is 46.1 Å². The summed E-state index contributed by atoms with van der Waals surface area (Å²) in [5, 5.41) is 3.50. The van der Waals surface area contributed by atoms with Crippen molar-refractivity contribution in [2.24, 2.45) is 0 Å². The zero-order valence-electron chi connectivity index (χ0n) is 12.5. The van der Waals surface area contributed by atoms with Crippen LogP contribution in [0.2, 0.25) is 0 Å². The summed E-state index contributed by atoms with van der Waals surface area (Å²) < 4.78 is 1.13. The van der Waals surface area contributed by atoms with Crippen LogP contribution in [0.3, 0.4) is 0 Å². The number of halogens is 1. The van der Waals surface area contributed by atoms with Gasteiger partial charge in [-0.15, -0.1) is 0 Å². The van der Waals surface area contributed by atoms with E-state index in [0.717, 1.165) is 17.6 Å². The molecule has 1 aromatic rings. The lowest BCUT2D eigenvalue weighted by atomic mass is 10.2. The molecule has 1 atom stereocenters. The minimum absolute atomic E-state index is 0.677. The molecule has 0 aliphatic heterocycles. The molecule has 0 aromatic heterocycles. The van der Waals surface area contributed by atoms with Gasteiger partial charge in [0.2, 0.25) is 0 Å². The lowest BCUT2D eigenvalue weighted by Gasteiger charge is -2.28. The maximum Gasteiger partial charge on any atom is 0.0351 e. The van der Waals surface area contributed by atoms with Crippen LogP contribution >= 0.6 is 15.9 Å². The number of hydrogen-bond donors (Lipinski definition) is 1. The molecule has 0 saturated carbocycles. The second-order valence-corrected chi connectivity index (χ2v) is 6.00. The van der Waals surface area contributed by atoms with E-state index in [9.17, 15) is 0 Å².